The lowest BCUT2D eigenvalue weighted by Crippen LogP contribution is -2.13. The van der Waals surface area contributed by atoms with Gasteiger partial charge in [-0.3, -0.25) is 4.72 Å². The fraction of sp³-hybridized carbons (Fsp3) is 0.308. The van der Waals surface area contributed by atoms with Gasteiger partial charge in [-0.2, -0.15) is 0 Å². The molecule has 0 amide bonds. The molecule has 2 rings (SSSR count). The molecule has 7 heteroatoms. The fourth-order valence-electron chi connectivity index (χ4n) is 1.60. The average molecular weight is 311 g/mol. The van der Waals surface area contributed by atoms with E-state index in [4.69, 9.17) is 0 Å². The Labute approximate surface area is 123 Å². The van der Waals surface area contributed by atoms with Crippen LogP contribution in [0, 0.1) is 6.92 Å². The van der Waals surface area contributed by atoms with Crippen molar-refractivity contribution >= 4 is 32.9 Å². The molecule has 0 bridgehead atoms. The van der Waals surface area contributed by atoms with Crippen LogP contribution in [0.3, 0.4) is 0 Å². The highest BCUT2D eigenvalue weighted by molar-refractivity contribution is 7.94. The minimum atomic E-state index is -3.52. The summed E-state index contributed by atoms with van der Waals surface area (Å²) in [6.45, 7) is 5.90. The molecular formula is C13H17N3O2S2. The number of aromatic nitrogens is 1. The van der Waals surface area contributed by atoms with Crippen LogP contribution in [0.4, 0.5) is 11.5 Å². The lowest BCUT2D eigenvalue weighted by Gasteiger charge is -2.10. The van der Waals surface area contributed by atoms with Crippen LogP contribution in [-0.2, 0) is 10.0 Å². The Hall–Kier alpha value is -1.60. The summed E-state index contributed by atoms with van der Waals surface area (Å²) in [7, 11) is -3.52. The van der Waals surface area contributed by atoms with Crippen LogP contribution in [-0.4, -0.2) is 19.4 Å². The zero-order chi connectivity index (χ0) is 14.8. The Kier molecular flexibility index (Phi) is 4.29. The summed E-state index contributed by atoms with van der Waals surface area (Å²) in [5, 5.41) is 3.14. The number of thiophene rings is 1. The Morgan fingerprint density at radius 3 is 2.45 bits per heavy atom. The lowest BCUT2D eigenvalue weighted by molar-refractivity contribution is 0.603. The van der Waals surface area contributed by atoms with Gasteiger partial charge in [-0.1, -0.05) is 0 Å². The average Bonchev–Trinajstić information content (AvgIpc) is 2.78. The minimum absolute atomic E-state index is 0.277. The van der Waals surface area contributed by atoms with Crippen LogP contribution < -0.4 is 10.0 Å². The van der Waals surface area contributed by atoms with Crippen LogP contribution >= 0.6 is 11.3 Å². The van der Waals surface area contributed by atoms with E-state index in [0.29, 0.717) is 9.90 Å². The predicted molar refractivity (Wildman–Crippen MR) is 82.9 cm³/mol. The third-order valence-electron chi connectivity index (χ3n) is 2.43. The molecule has 2 N–H and O–H groups in total. The number of hydrogen-bond donors (Lipinski definition) is 2. The van der Waals surface area contributed by atoms with E-state index >= 15 is 0 Å². The van der Waals surface area contributed by atoms with E-state index in [1.807, 2.05) is 20.8 Å². The van der Waals surface area contributed by atoms with Crippen molar-refractivity contribution in [2.75, 3.05) is 10.0 Å². The lowest BCUT2D eigenvalue weighted by atomic mass is 10.3. The van der Waals surface area contributed by atoms with Gasteiger partial charge in [-0.05, 0) is 45.0 Å². The standard InChI is InChI=1S/C13H17N3O2S2/c1-9(2)15-12-6-5-11(8-14-12)16-20(17,18)13-7-4-10(3)19-13/h4-9,16H,1-3H3,(H,14,15). The Bertz CT molecular complexity index is 676. The third-order valence-corrected chi connectivity index (χ3v) is 5.31. The van der Waals surface area contributed by atoms with Crippen LogP contribution in [0.2, 0.25) is 0 Å². The highest BCUT2D eigenvalue weighted by Crippen LogP contribution is 2.23. The Balaban J connectivity index is 2.13. The van der Waals surface area contributed by atoms with Gasteiger partial charge < -0.3 is 5.32 Å². The van der Waals surface area contributed by atoms with Crippen molar-refractivity contribution in [3.63, 3.8) is 0 Å². The van der Waals surface area contributed by atoms with Crippen molar-refractivity contribution in [3.05, 3.63) is 35.3 Å². The number of anilines is 2. The maximum Gasteiger partial charge on any atom is 0.271 e. The molecule has 5 nitrogen and oxygen atoms in total. The largest absolute Gasteiger partial charge is 0.368 e. The Morgan fingerprint density at radius 2 is 1.95 bits per heavy atom. The summed E-state index contributed by atoms with van der Waals surface area (Å²) in [4.78, 5) is 5.13. The molecule has 2 aromatic heterocycles. The van der Waals surface area contributed by atoms with E-state index in [1.54, 1.807) is 24.3 Å². The first-order valence-corrected chi connectivity index (χ1v) is 8.48. The SMILES string of the molecule is Cc1ccc(S(=O)(=O)Nc2ccc(NC(C)C)nc2)s1. The molecule has 0 atom stereocenters. The van der Waals surface area contributed by atoms with Crippen molar-refractivity contribution in [2.45, 2.75) is 31.0 Å². The Morgan fingerprint density at radius 1 is 1.20 bits per heavy atom. The zero-order valence-electron chi connectivity index (χ0n) is 11.5. The van der Waals surface area contributed by atoms with E-state index in [9.17, 15) is 8.42 Å². The fourth-order valence-corrected chi connectivity index (χ4v) is 3.92. The van der Waals surface area contributed by atoms with Crippen LogP contribution in [0.5, 0.6) is 0 Å². The van der Waals surface area contributed by atoms with Gasteiger partial charge in [0.25, 0.3) is 10.0 Å². The van der Waals surface area contributed by atoms with Crippen molar-refractivity contribution in [1.82, 2.24) is 4.98 Å². The van der Waals surface area contributed by atoms with Gasteiger partial charge in [0.05, 0.1) is 11.9 Å². The molecule has 0 aliphatic carbocycles. The molecule has 0 saturated carbocycles. The molecule has 0 unspecified atom stereocenters. The molecule has 0 aliphatic rings. The van der Waals surface area contributed by atoms with Gasteiger partial charge in [-0.25, -0.2) is 13.4 Å². The highest BCUT2D eigenvalue weighted by Gasteiger charge is 2.16. The van der Waals surface area contributed by atoms with Crippen LogP contribution in [0.25, 0.3) is 0 Å². The molecule has 108 valence electrons. The monoisotopic (exact) mass is 311 g/mol. The topological polar surface area (TPSA) is 71.1 Å². The molecule has 0 saturated heterocycles. The number of pyridine rings is 1. The molecule has 20 heavy (non-hydrogen) atoms. The second kappa shape index (κ2) is 5.80. The zero-order valence-corrected chi connectivity index (χ0v) is 13.2. The molecule has 2 heterocycles. The molecule has 0 radical (unpaired) electrons. The van der Waals surface area contributed by atoms with E-state index in [0.717, 1.165) is 10.7 Å². The molecule has 0 aromatic carbocycles. The highest BCUT2D eigenvalue weighted by atomic mass is 32.2. The predicted octanol–water partition coefficient (Wildman–Crippen LogP) is 3.07. The summed E-state index contributed by atoms with van der Waals surface area (Å²) in [6.07, 6.45) is 1.50. The quantitative estimate of drug-likeness (QED) is 0.890. The van der Waals surface area contributed by atoms with Gasteiger partial charge >= 0.3 is 0 Å². The number of hydrogen-bond acceptors (Lipinski definition) is 5. The molecule has 0 spiro atoms. The van der Waals surface area contributed by atoms with E-state index in [2.05, 4.69) is 15.0 Å². The van der Waals surface area contributed by atoms with Gasteiger partial charge in [0, 0.05) is 10.9 Å². The van der Waals surface area contributed by atoms with Gasteiger partial charge in [-0.15, -0.1) is 11.3 Å². The number of rotatable bonds is 5. The van der Waals surface area contributed by atoms with Crippen molar-refractivity contribution < 1.29 is 8.42 Å². The summed E-state index contributed by atoms with van der Waals surface area (Å²) < 4.78 is 27.1. The first-order valence-electron chi connectivity index (χ1n) is 6.19. The van der Waals surface area contributed by atoms with Crippen LogP contribution in [0.1, 0.15) is 18.7 Å². The van der Waals surface area contributed by atoms with Gasteiger partial charge in [0.1, 0.15) is 10.0 Å². The molecular weight excluding hydrogens is 294 g/mol. The molecule has 0 fully saturated rings. The second-order valence-corrected chi connectivity index (χ2v) is 7.90. The summed E-state index contributed by atoms with van der Waals surface area (Å²) >= 11 is 1.24. The summed E-state index contributed by atoms with van der Waals surface area (Å²) in [6, 6.07) is 7.10. The third kappa shape index (κ3) is 3.71. The van der Waals surface area contributed by atoms with Crippen LogP contribution in [0.15, 0.2) is 34.7 Å². The number of nitrogens with zero attached hydrogens (tertiary/aromatic N) is 1. The first-order chi connectivity index (χ1) is 9.37. The van der Waals surface area contributed by atoms with E-state index < -0.39 is 10.0 Å². The number of aryl methyl sites for hydroxylation is 1. The maximum atomic E-state index is 12.1. The summed E-state index contributed by atoms with van der Waals surface area (Å²) in [5.74, 6) is 0.718. The van der Waals surface area contributed by atoms with Crippen molar-refractivity contribution in [2.24, 2.45) is 0 Å². The first kappa shape index (κ1) is 14.8. The van der Waals surface area contributed by atoms with Gasteiger partial charge in [0.2, 0.25) is 0 Å². The van der Waals surface area contributed by atoms with E-state index in [-0.39, 0.29) is 6.04 Å². The minimum Gasteiger partial charge on any atom is -0.368 e. The normalized spacial score (nSPS) is 11.6. The van der Waals surface area contributed by atoms with Gasteiger partial charge in [0.15, 0.2) is 0 Å². The number of nitrogens with one attached hydrogen (secondary N) is 2. The molecule has 2 aromatic rings. The summed E-state index contributed by atoms with van der Waals surface area (Å²) in [5.41, 5.74) is 0.449. The number of sulfonamides is 1. The van der Waals surface area contributed by atoms with E-state index in [1.165, 1.54) is 17.5 Å². The van der Waals surface area contributed by atoms with Crippen molar-refractivity contribution in [1.29, 1.82) is 0 Å². The smallest absolute Gasteiger partial charge is 0.271 e. The maximum absolute atomic E-state index is 12.1. The second-order valence-electron chi connectivity index (χ2n) is 4.70. The van der Waals surface area contributed by atoms with Crippen molar-refractivity contribution in [3.8, 4) is 0 Å². The molecule has 0 aliphatic heterocycles.